The molecule has 0 aliphatic heterocycles. The van der Waals surface area contributed by atoms with E-state index in [2.05, 4.69) is 45.6 Å². The molecule has 0 radical (unpaired) electrons. The van der Waals surface area contributed by atoms with E-state index in [4.69, 9.17) is 4.74 Å². The first-order chi connectivity index (χ1) is 13.3. The minimum atomic E-state index is -0.403. The topological polar surface area (TPSA) is 64.1 Å². The van der Waals surface area contributed by atoms with Crippen molar-refractivity contribution in [2.24, 2.45) is 0 Å². The lowest BCUT2D eigenvalue weighted by Gasteiger charge is -2.11. The summed E-state index contributed by atoms with van der Waals surface area (Å²) in [6, 6.07) is 15.9. The van der Waals surface area contributed by atoms with Crippen LogP contribution in [-0.2, 0) is 17.7 Å². The molecular formula is C22H19N3O2. The van der Waals surface area contributed by atoms with Gasteiger partial charge in [-0.15, -0.1) is 0 Å². The van der Waals surface area contributed by atoms with Crippen molar-refractivity contribution in [2.75, 3.05) is 12.4 Å². The molecule has 0 unspecified atom stereocenters. The number of nitrogens with one attached hydrogen (secondary N) is 1. The van der Waals surface area contributed by atoms with Crippen molar-refractivity contribution in [1.82, 2.24) is 9.97 Å². The normalized spacial score (nSPS) is 12.3. The molecule has 1 aliphatic rings. The summed E-state index contributed by atoms with van der Waals surface area (Å²) in [6.07, 6.45) is 6.57. The highest BCUT2D eigenvalue weighted by molar-refractivity contribution is 5.94. The number of methoxy groups -OCH3 is 1. The van der Waals surface area contributed by atoms with Crippen molar-refractivity contribution in [3.8, 4) is 0 Å². The minimum Gasteiger partial charge on any atom is -0.465 e. The number of ether oxygens (including phenoxy) is 1. The molecule has 5 nitrogen and oxygen atoms in total. The van der Waals surface area contributed by atoms with Crippen molar-refractivity contribution in [3.05, 3.63) is 94.9 Å². The Hall–Kier alpha value is -3.47. The van der Waals surface area contributed by atoms with Gasteiger partial charge in [-0.3, -0.25) is 4.98 Å². The molecule has 0 saturated heterocycles. The fourth-order valence-electron chi connectivity index (χ4n) is 3.28. The third kappa shape index (κ3) is 3.44. The van der Waals surface area contributed by atoms with Crippen molar-refractivity contribution in [2.45, 2.75) is 13.0 Å². The maximum absolute atomic E-state index is 11.9. The zero-order valence-electron chi connectivity index (χ0n) is 15.0. The maximum Gasteiger partial charge on any atom is 0.341 e. The lowest BCUT2D eigenvalue weighted by molar-refractivity contribution is 0.0601. The molecular weight excluding hydrogens is 338 g/mol. The van der Waals surface area contributed by atoms with Gasteiger partial charge in [0.1, 0.15) is 11.4 Å². The van der Waals surface area contributed by atoms with Crippen LogP contribution in [0.2, 0.25) is 0 Å². The van der Waals surface area contributed by atoms with Crippen LogP contribution in [-0.4, -0.2) is 23.0 Å². The Morgan fingerprint density at radius 3 is 2.85 bits per heavy atom. The molecule has 0 fully saturated rings. The van der Waals surface area contributed by atoms with E-state index in [1.807, 2.05) is 18.3 Å². The summed E-state index contributed by atoms with van der Waals surface area (Å²) in [7, 11) is 1.37. The number of allylic oxidation sites excluding steroid dienone is 1. The summed E-state index contributed by atoms with van der Waals surface area (Å²) in [4.78, 5) is 20.6. The van der Waals surface area contributed by atoms with Crippen LogP contribution in [0.3, 0.4) is 0 Å². The Balaban J connectivity index is 1.54. The van der Waals surface area contributed by atoms with Crippen molar-refractivity contribution >= 4 is 17.4 Å². The van der Waals surface area contributed by atoms with Crippen LogP contribution < -0.4 is 5.32 Å². The van der Waals surface area contributed by atoms with E-state index in [9.17, 15) is 4.79 Å². The van der Waals surface area contributed by atoms with Crippen LogP contribution in [0.15, 0.2) is 67.0 Å². The molecule has 0 amide bonds. The van der Waals surface area contributed by atoms with Crippen molar-refractivity contribution in [3.63, 3.8) is 0 Å². The second-order valence-electron chi connectivity index (χ2n) is 6.26. The Morgan fingerprint density at radius 2 is 1.96 bits per heavy atom. The van der Waals surface area contributed by atoms with Gasteiger partial charge in [-0.05, 0) is 41.0 Å². The SMILES string of the molecule is COC(=O)c1cccnc1NCc1cccc(C2=CCc3ncccc32)c1. The number of esters is 1. The Labute approximate surface area is 157 Å². The standard InChI is InChI=1S/C22H19N3O2/c1-27-22(26)19-8-4-12-24-21(19)25-14-15-5-2-6-16(13-15)17-9-10-20-18(17)7-3-11-23-20/h2-9,11-13H,10,14H2,1H3,(H,24,25). The zero-order chi connectivity index (χ0) is 18.6. The highest BCUT2D eigenvalue weighted by Crippen LogP contribution is 2.31. The van der Waals surface area contributed by atoms with Gasteiger partial charge in [0.25, 0.3) is 0 Å². The van der Waals surface area contributed by atoms with E-state index in [-0.39, 0.29) is 0 Å². The summed E-state index contributed by atoms with van der Waals surface area (Å²) in [5.41, 5.74) is 6.22. The number of aromatic nitrogens is 2. The molecule has 2 aromatic heterocycles. The molecule has 1 N–H and O–H groups in total. The molecule has 2 heterocycles. The number of rotatable bonds is 5. The smallest absolute Gasteiger partial charge is 0.341 e. The zero-order valence-corrected chi connectivity index (χ0v) is 15.0. The number of hydrogen-bond donors (Lipinski definition) is 1. The van der Waals surface area contributed by atoms with Crippen LogP contribution in [0.5, 0.6) is 0 Å². The Morgan fingerprint density at radius 1 is 1.11 bits per heavy atom. The van der Waals surface area contributed by atoms with Gasteiger partial charge >= 0.3 is 5.97 Å². The number of anilines is 1. The average Bonchev–Trinajstić information content (AvgIpc) is 3.16. The quantitative estimate of drug-likeness (QED) is 0.703. The number of hydrogen-bond acceptors (Lipinski definition) is 5. The maximum atomic E-state index is 11.9. The van der Waals surface area contributed by atoms with Gasteiger partial charge in [0.2, 0.25) is 0 Å². The fraction of sp³-hybridized carbons (Fsp3) is 0.136. The van der Waals surface area contributed by atoms with Crippen molar-refractivity contribution in [1.29, 1.82) is 0 Å². The van der Waals surface area contributed by atoms with E-state index in [0.717, 1.165) is 23.2 Å². The van der Waals surface area contributed by atoms with Crippen LogP contribution in [0.1, 0.15) is 32.7 Å². The number of fused-ring (bicyclic) bond motifs is 1. The van der Waals surface area contributed by atoms with Gasteiger partial charge in [0.05, 0.1) is 12.8 Å². The van der Waals surface area contributed by atoms with Crippen LogP contribution in [0, 0.1) is 0 Å². The van der Waals surface area contributed by atoms with Crippen LogP contribution >= 0.6 is 0 Å². The summed E-state index contributed by atoms with van der Waals surface area (Å²) in [5, 5.41) is 3.24. The number of carbonyl (C=O) groups is 1. The number of carbonyl (C=O) groups excluding carboxylic acids is 1. The largest absolute Gasteiger partial charge is 0.465 e. The number of benzene rings is 1. The van der Waals surface area contributed by atoms with E-state index < -0.39 is 5.97 Å². The third-order valence-corrected chi connectivity index (χ3v) is 4.59. The molecule has 0 bridgehead atoms. The summed E-state index contributed by atoms with van der Waals surface area (Å²) in [6.45, 7) is 0.558. The van der Waals surface area contributed by atoms with Crippen molar-refractivity contribution < 1.29 is 9.53 Å². The van der Waals surface area contributed by atoms with Gasteiger partial charge in [0.15, 0.2) is 0 Å². The van der Waals surface area contributed by atoms with Gasteiger partial charge in [-0.2, -0.15) is 0 Å². The van der Waals surface area contributed by atoms with Crippen LogP contribution in [0.25, 0.3) is 5.57 Å². The molecule has 4 rings (SSSR count). The molecule has 0 atom stereocenters. The first kappa shape index (κ1) is 17.0. The van der Waals surface area contributed by atoms with E-state index >= 15 is 0 Å². The lowest BCUT2D eigenvalue weighted by Crippen LogP contribution is -2.09. The summed E-state index contributed by atoms with van der Waals surface area (Å²) >= 11 is 0. The van der Waals surface area contributed by atoms with Crippen LogP contribution in [0.4, 0.5) is 5.82 Å². The van der Waals surface area contributed by atoms with E-state index in [1.54, 1.807) is 18.3 Å². The monoisotopic (exact) mass is 357 g/mol. The summed E-state index contributed by atoms with van der Waals surface area (Å²) in [5.74, 6) is 0.115. The van der Waals surface area contributed by atoms with E-state index in [0.29, 0.717) is 17.9 Å². The predicted molar refractivity (Wildman–Crippen MR) is 104 cm³/mol. The molecule has 3 aromatic rings. The Bertz CT molecular complexity index is 1030. The van der Waals surface area contributed by atoms with Gasteiger partial charge in [0, 0.05) is 30.9 Å². The minimum absolute atomic E-state index is 0.403. The van der Waals surface area contributed by atoms with Gasteiger partial charge in [-0.1, -0.05) is 30.3 Å². The van der Waals surface area contributed by atoms with Gasteiger partial charge < -0.3 is 10.1 Å². The second kappa shape index (κ2) is 7.41. The molecule has 1 aromatic carbocycles. The number of nitrogens with zero attached hydrogens (tertiary/aromatic N) is 2. The predicted octanol–water partition coefficient (Wildman–Crippen LogP) is 3.86. The van der Waals surface area contributed by atoms with E-state index in [1.165, 1.54) is 18.2 Å². The first-order valence-corrected chi connectivity index (χ1v) is 8.77. The fourth-order valence-corrected chi connectivity index (χ4v) is 3.28. The second-order valence-corrected chi connectivity index (χ2v) is 6.26. The molecule has 134 valence electrons. The number of pyridine rings is 2. The molecule has 5 heteroatoms. The summed E-state index contributed by atoms with van der Waals surface area (Å²) < 4.78 is 4.82. The Kier molecular flexibility index (Phi) is 4.66. The molecule has 0 saturated carbocycles. The molecule has 27 heavy (non-hydrogen) atoms. The highest BCUT2D eigenvalue weighted by atomic mass is 16.5. The average molecular weight is 357 g/mol. The highest BCUT2D eigenvalue weighted by Gasteiger charge is 2.16. The third-order valence-electron chi connectivity index (χ3n) is 4.59. The first-order valence-electron chi connectivity index (χ1n) is 8.77. The molecule has 0 spiro atoms. The lowest BCUT2D eigenvalue weighted by atomic mass is 9.99. The van der Waals surface area contributed by atoms with Gasteiger partial charge in [-0.25, -0.2) is 9.78 Å². The molecule has 1 aliphatic carbocycles.